The predicted molar refractivity (Wildman–Crippen MR) is 95.2 cm³/mol. The van der Waals surface area contributed by atoms with Gasteiger partial charge in [-0.25, -0.2) is 0 Å². The minimum atomic E-state index is -0.925. The van der Waals surface area contributed by atoms with Gasteiger partial charge in [-0.2, -0.15) is 4.73 Å². The maximum Gasteiger partial charge on any atom is 0.292 e. The van der Waals surface area contributed by atoms with Gasteiger partial charge in [0.15, 0.2) is 6.20 Å². The zero-order valence-electron chi connectivity index (χ0n) is 14.5. The number of pyridine rings is 1. The number of aromatic nitrogens is 1. The van der Waals surface area contributed by atoms with E-state index >= 15 is 0 Å². The summed E-state index contributed by atoms with van der Waals surface area (Å²) in [4.78, 5) is 42.8. The lowest BCUT2D eigenvalue weighted by molar-refractivity contribution is -0.609. The Morgan fingerprint density at radius 3 is 2.20 bits per heavy atom. The quantitative estimate of drug-likeness (QED) is 0.297. The Labute approximate surface area is 164 Å². The molecule has 0 unspecified atom stereocenters. The van der Waals surface area contributed by atoms with Crippen LogP contribution in [0.4, 0.5) is 5.69 Å². The Bertz CT molecular complexity index is 1180. The molecule has 3 heterocycles. The summed E-state index contributed by atoms with van der Waals surface area (Å²) in [5.74, 6) is 0. The highest BCUT2D eigenvalue weighted by atomic mass is 16.6. The van der Waals surface area contributed by atoms with Crippen LogP contribution in [0.15, 0.2) is 71.6 Å². The van der Waals surface area contributed by atoms with Gasteiger partial charge in [0.1, 0.15) is 11.4 Å². The first-order valence-electron chi connectivity index (χ1n) is 7.78. The van der Waals surface area contributed by atoms with Gasteiger partial charge in [-0.15, -0.1) is 0 Å². The SMILES string of the molecule is O=[N+]([O-])C1=CC(=C2C=C([N+](=O)[O-])C=C[N+]2=O)N([O-])C(c2cc([N+](=O)[O-])cc[n+]2[O-])=C1. The zero-order valence-corrected chi connectivity index (χ0v) is 14.5. The second kappa shape index (κ2) is 7.32. The highest BCUT2D eigenvalue weighted by Gasteiger charge is 2.34. The summed E-state index contributed by atoms with van der Waals surface area (Å²) in [5.41, 5.74) is -4.43. The first kappa shape index (κ1) is 20.0. The number of hydroxylamine groups is 2. The molecular formula is C15H8N6O9. The van der Waals surface area contributed by atoms with Crippen molar-refractivity contribution in [3.8, 4) is 0 Å². The molecule has 0 atom stereocenters. The Hall–Kier alpha value is -4.79. The monoisotopic (exact) mass is 416 g/mol. The van der Waals surface area contributed by atoms with Crippen LogP contribution in [-0.2, 0) is 0 Å². The van der Waals surface area contributed by atoms with Crippen LogP contribution in [0.3, 0.4) is 0 Å². The molecule has 0 aromatic carbocycles. The predicted octanol–water partition coefficient (Wildman–Crippen LogP) is 1.22. The molecule has 0 aliphatic carbocycles. The molecule has 1 aromatic heterocycles. The summed E-state index contributed by atoms with van der Waals surface area (Å²) >= 11 is 0. The third kappa shape index (κ3) is 3.50. The van der Waals surface area contributed by atoms with Gasteiger partial charge in [0.25, 0.3) is 22.8 Å². The van der Waals surface area contributed by atoms with E-state index in [-0.39, 0.29) is 14.6 Å². The van der Waals surface area contributed by atoms with Gasteiger partial charge in [-0.05, 0) is 0 Å². The second-order valence-corrected chi connectivity index (χ2v) is 5.74. The van der Waals surface area contributed by atoms with E-state index < -0.39 is 54.6 Å². The van der Waals surface area contributed by atoms with E-state index in [0.29, 0.717) is 12.2 Å². The molecule has 0 spiro atoms. The second-order valence-electron chi connectivity index (χ2n) is 5.74. The molecule has 15 nitrogen and oxygen atoms in total. The molecule has 3 rings (SSSR count). The molecule has 0 radical (unpaired) electrons. The third-order valence-electron chi connectivity index (χ3n) is 3.97. The zero-order chi connectivity index (χ0) is 22.2. The van der Waals surface area contributed by atoms with E-state index in [1.54, 1.807) is 0 Å². The van der Waals surface area contributed by atoms with E-state index in [0.717, 1.165) is 36.7 Å². The average Bonchev–Trinajstić information content (AvgIpc) is 2.68. The van der Waals surface area contributed by atoms with Crippen LogP contribution in [0.5, 0.6) is 0 Å². The number of hydrogen-bond donors (Lipinski definition) is 0. The highest BCUT2D eigenvalue weighted by molar-refractivity contribution is 5.69. The van der Waals surface area contributed by atoms with Crippen molar-refractivity contribution in [3.05, 3.63) is 123 Å². The average molecular weight is 416 g/mol. The molecule has 2 aliphatic rings. The van der Waals surface area contributed by atoms with Gasteiger partial charge in [0.2, 0.25) is 11.9 Å². The highest BCUT2D eigenvalue weighted by Crippen LogP contribution is 2.32. The van der Waals surface area contributed by atoms with Gasteiger partial charge in [-0.3, -0.25) is 30.3 Å². The summed E-state index contributed by atoms with van der Waals surface area (Å²) in [6.45, 7) is 0. The lowest BCUT2D eigenvalue weighted by atomic mass is 10.1. The van der Waals surface area contributed by atoms with Crippen molar-refractivity contribution in [3.63, 3.8) is 0 Å². The maximum absolute atomic E-state index is 12.9. The Morgan fingerprint density at radius 2 is 1.60 bits per heavy atom. The number of nitro groups is 3. The number of rotatable bonds is 4. The summed E-state index contributed by atoms with van der Waals surface area (Å²) in [6, 6.07) is 1.58. The molecule has 0 saturated carbocycles. The molecule has 0 N–H and O–H groups in total. The first-order valence-corrected chi connectivity index (χ1v) is 7.78. The van der Waals surface area contributed by atoms with Crippen molar-refractivity contribution in [2.75, 3.05) is 0 Å². The van der Waals surface area contributed by atoms with Gasteiger partial charge in [0.05, 0.1) is 43.8 Å². The largest absolute Gasteiger partial charge is 0.753 e. The Balaban J connectivity index is 2.25. The van der Waals surface area contributed by atoms with E-state index in [4.69, 9.17) is 0 Å². The van der Waals surface area contributed by atoms with E-state index in [9.17, 15) is 45.7 Å². The first-order chi connectivity index (χ1) is 14.1. The smallest absolute Gasteiger partial charge is 0.292 e. The van der Waals surface area contributed by atoms with Gasteiger partial charge in [-0.1, -0.05) is 0 Å². The lowest BCUT2D eigenvalue weighted by Gasteiger charge is -2.33. The van der Waals surface area contributed by atoms with Crippen molar-refractivity contribution in [2.45, 2.75) is 0 Å². The van der Waals surface area contributed by atoms with Crippen molar-refractivity contribution in [1.82, 2.24) is 5.06 Å². The topological polar surface area (TPSA) is 203 Å². The molecule has 0 fully saturated rings. The molecular weight excluding hydrogens is 408 g/mol. The fourth-order valence-corrected chi connectivity index (χ4v) is 2.58. The number of allylic oxidation sites excluding steroid dienone is 4. The molecule has 0 amide bonds. The summed E-state index contributed by atoms with van der Waals surface area (Å²) in [6.07, 6.45) is 4.42. The minimum Gasteiger partial charge on any atom is -0.753 e. The number of hydrogen-bond acceptors (Lipinski definition) is 10. The number of nitrogens with zero attached hydrogens (tertiary/aromatic N) is 6. The fourth-order valence-electron chi connectivity index (χ4n) is 2.58. The maximum atomic E-state index is 12.9. The van der Waals surface area contributed by atoms with Crippen LogP contribution in [0, 0.1) is 45.7 Å². The van der Waals surface area contributed by atoms with E-state index in [2.05, 4.69) is 0 Å². The standard InChI is InChI=1S/C15H8N6O9/c22-16-3-1-9(19(25)26)5-12(16)14-7-11(21(29)30)8-15(18(14)24)13-6-10(20(27)28)2-4-17(13)23/h1-8H. The lowest BCUT2D eigenvalue weighted by Crippen LogP contribution is -2.35. The van der Waals surface area contributed by atoms with Crippen LogP contribution in [0.2, 0.25) is 0 Å². The fraction of sp³-hybridized carbons (Fsp3) is 0. The van der Waals surface area contributed by atoms with Crippen LogP contribution in [0.25, 0.3) is 5.70 Å². The van der Waals surface area contributed by atoms with E-state index in [1.165, 1.54) is 0 Å². The summed E-state index contributed by atoms with van der Waals surface area (Å²) in [7, 11) is 0. The summed E-state index contributed by atoms with van der Waals surface area (Å²) < 4.78 is 0.145. The van der Waals surface area contributed by atoms with Gasteiger partial charge < -0.3 is 15.5 Å². The van der Waals surface area contributed by atoms with Crippen molar-refractivity contribution in [1.29, 1.82) is 0 Å². The summed E-state index contributed by atoms with van der Waals surface area (Å²) in [5, 5.41) is 58.2. The van der Waals surface area contributed by atoms with Crippen molar-refractivity contribution >= 4 is 11.4 Å². The van der Waals surface area contributed by atoms with Crippen LogP contribution < -0.4 is 4.73 Å². The molecule has 2 aliphatic heterocycles. The van der Waals surface area contributed by atoms with Gasteiger partial charge >= 0.3 is 0 Å². The molecule has 30 heavy (non-hydrogen) atoms. The van der Waals surface area contributed by atoms with Gasteiger partial charge in [0, 0.05) is 17.1 Å². The molecule has 15 heteroatoms. The van der Waals surface area contributed by atoms with Crippen molar-refractivity contribution in [2.24, 2.45) is 0 Å². The van der Waals surface area contributed by atoms with Crippen LogP contribution >= 0.6 is 0 Å². The van der Waals surface area contributed by atoms with Crippen LogP contribution in [0.1, 0.15) is 5.69 Å². The molecule has 1 aromatic rings. The molecule has 152 valence electrons. The molecule has 0 bridgehead atoms. The van der Waals surface area contributed by atoms with Crippen LogP contribution in [-0.4, -0.2) is 24.6 Å². The Morgan fingerprint density at radius 1 is 0.933 bits per heavy atom. The number of nitroso groups, excluding NO2 is 1. The normalized spacial score (nSPS) is 18.5. The third-order valence-corrected chi connectivity index (χ3v) is 3.97. The Kier molecular flexibility index (Phi) is 4.87. The minimum absolute atomic E-state index is 0.0477. The van der Waals surface area contributed by atoms with Crippen molar-refractivity contribution < 1.29 is 24.3 Å². The molecule has 0 saturated heterocycles. The van der Waals surface area contributed by atoms with E-state index in [1.807, 2.05) is 0 Å².